The Hall–Kier alpha value is -2.10. The van der Waals surface area contributed by atoms with Gasteiger partial charge in [-0.05, 0) is 37.8 Å². The molecule has 0 heterocycles. The summed E-state index contributed by atoms with van der Waals surface area (Å²) >= 11 is 0. The van der Waals surface area contributed by atoms with Gasteiger partial charge in [0.1, 0.15) is 0 Å². The molecule has 0 radical (unpaired) electrons. The second-order valence-corrected chi connectivity index (χ2v) is 5.78. The molecule has 0 fully saturated rings. The van der Waals surface area contributed by atoms with Crippen molar-refractivity contribution >= 4 is 11.9 Å². The first kappa shape index (κ1) is 16.3. The molecule has 0 N–H and O–H groups in total. The normalized spacial score (nSPS) is 19.5. The van der Waals surface area contributed by atoms with Crippen molar-refractivity contribution in [2.75, 3.05) is 14.2 Å². The molecule has 0 aliphatic heterocycles. The van der Waals surface area contributed by atoms with Crippen molar-refractivity contribution in [2.45, 2.75) is 32.6 Å². The van der Waals surface area contributed by atoms with Gasteiger partial charge in [-0.2, -0.15) is 0 Å². The first-order chi connectivity index (χ1) is 10.5. The Balaban J connectivity index is 2.59. The molecular formula is C18H22O4. The summed E-state index contributed by atoms with van der Waals surface area (Å²) in [5.41, 5.74) is 2.06. The van der Waals surface area contributed by atoms with Crippen LogP contribution in [0.2, 0.25) is 0 Å². The molecule has 1 unspecified atom stereocenters. The summed E-state index contributed by atoms with van der Waals surface area (Å²) in [5, 5.41) is 0. The Morgan fingerprint density at radius 1 is 1.23 bits per heavy atom. The van der Waals surface area contributed by atoms with Crippen molar-refractivity contribution in [1.29, 1.82) is 0 Å². The van der Waals surface area contributed by atoms with Crippen molar-refractivity contribution in [1.82, 2.24) is 0 Å². The molecule has 1 aliphatic carbocycles. The summed E-state index contributed by atoms with van der Waals surface area (Å²) in [7, 11) is 2.62. The number of aryl methyl sites for hydroxylation is 1. The largest absolute Gasteiger partial charge is 0.468 e. The summed E-state index contributed by atoms with van der Waals surface area (Å²) in [5.74, 6) is -1.06. The number of benzene rings is 1. The van der Waals surface area contributed by atoms with Gasteiger partial charge in [-0.15, -0.1) is 0 Å². The molecule has 4 heteroatoms. The first-order valence-corrected chi connectivity index (χ1v) is 7.37. The van der Waals surface area contributed by atoms with E-state index in [1.807, 2.05) is 38.1 Å². The highest BCUT2D eigenvalue weighted by Gasteiger charge is 2.52. The molecule has 4 nitrogen and oxygen atoms in total. The molecule has 0 bridgehead atoms. The Morgan fingerprint density at radius 2 is 1.86 bits per heavy atom. The number of hydrogen-bond acceptors (Lipinski definition) is 4. The van der Waals surface area contributed by atoms with Crippen LogP contribution < -0.4 is 0 Å². The Morgan fingerprint density at radius 3 is 2.41 bits per heavy atom. The second-order valence-electron chi connectivity index (χ2n) is 5.78. The number of allylic oxidation sites excluding steroid dienone is 2. The zero-order valence-electron chi connectivity index (χ0n) is 13.5. The molecule has 0 saturated heterocycles. The summed E-state index contributed by atoms with van der Waals surface area (Å²) in [6.45, 7) is 3.97. The zero-order valence-corrected chi connectivity index (χ0v) is 13.5. The molecule has 2 rings (SSSR count). The van der Waals surface area contributed by atoms with Crippen molar-refractivity contribution in [2.24, 2.45) is 5.41 Å². The Bertz CT molecular complexity index is 600. The molecule has 118 valence electrons. The van der Waals surface area contributed by atoms with Gasteiger partial charge in [0.25, 0.3) is 0 Å². The molecule has 0 spiro atoms. The van der Waals surface area contributed by atoms with Crippen LogP contribution in [0.5, 0.6) is 0 Å². The maximum Gasteiger partial charge on any atom is 0.323 e. The van der Waals surface area contributed by atoms with Crippen molar-refractivity contribution in [3.05, 3.63) is 47.0 Å². The Kier molecular flexibility index (Phi) is 4.69. The topological polar surface area (TPSA) is 52.6 Å². The van der Waals surface area contributed by atoms with Crippen molar-refractivity contribution in [3.63, 3.8) is 0 Å². The van der Waals surface area contributed by atoms with Crippen LogP contribution in [-0.2, 0) is 25.5 Å². The standard InChI is InChI=1S/C18H22O4/c1-5-6-13-10-18(16(19)21-3,17(20)22-4)11-14-8-7-12(2)9-15(13)14/h5-9,13H,10-11H2,1-4H3/b6-5+. The number of carbonyl (C=O) groups excluding carboxylic acids is 2. The van der Waals surface area contributed by atoms with E-state index in [0.29, 0.717) is 12.8 Å². The summed E-state index contributed by atoms with van der Waals surface area (Å²) in [6, 6.07) is 6.11. The van der Waals surface area contributed by atoms with Gasteiger partial charge < -0.3 is 9.47 Å². The highest BCUT2D eigenvalue weighted by Crippen LogP contribution is 2.45. The van der Waals surface area contributed by atoms with Gasteiger partial charge in [0.15, 0.2) is 5.41 Å². The zero-order chi connectivity index (χ0) is 16.3. The van der Waals surface area contributed by atoms with E-state index in [0.717, 1.165) is 11.1 Å². The third-order valence-electron chi connectivity index (χ3n) is 4.34. The molecule has 22 heavy (non-hydrogen) atoms. The maximum absolute atomic E-state index is 12.4. The van der Waals surface area contributed by atoms with E-state index in [2.05, 4.69) is 6.07 Å². The molecule has 0 saturated carbocycles. The third kappa shape index (κ3) is 2.65. The molecule has 1 aliphatic rings. The Labute approximate surface area is 131 Å². The van der Waals surface area contributed by atoms with Crippen LogP contribution in [0.3, 0.4) is 0 Å². The second kappa shape index (κ2) is 6.34. The maximum atomic E-state index is 12.4. The number of methoxy groups -OCH3 is 2. The van der Waals surface area contributed by atoms with Gasteiger partial charge in [0, 0.05) is 5.92 Å². The minimum atomic E-state index is -1.27. The van der Waals surface area contributed by atoms with Crippen molar-refractivity contribution < 1.29 is 19.1 Å². The average molecular weight is 302 g/mol. The summed E-state index contributed by atoms with van der Waals surface area (Å²) in [6.07, 6.45) is 4.66. The van der Waals surface area contributed by atoms with Gasteiger partial charge in [-0.3, -0.25) is 9.59 Å². The predicted molar refractivity (Wildman–Crippen MR) is 83.5 cm³/mol. The van der Waals surface area contributed by atoms with E-state index in [4.69, 9.17) is 9.47 Å². The SMILES string of the molecule is C/C=C/C1CC(C(=O)OC)(C(=O)OC)Cc2ccc(C)cc21. The van der Waals surface area contributed by atoms with Crippen LogP contribution in [0.15, 0.2) is 30.4 Å². The quantitative estimate of drug-likeness (QED) is 0.489. The number of ether oxygens (including phenoxy) is 2. The van der Waals surface area contributed by atoms with E-state index >= 15 is 0 Å². The molecule has 1 atom stereocenters. The average Bonchev–Trinajstić information content (AvgIpc) is 2.53. The lowest BCUT2D eigenvalue weighted by atomic mass is 9.66. The van der Waals surface area contributed by atoms with E-state index in [-0.39, 0.29) is 5.92 Å². The van der Waals surface area contributed by atoms with Crippen LogP contribution in [0.25, 0.3) is 0 Å². The monoisotopic (exact) mass is 302 g/mol. The van der Waals surface area contributed by atoms with Gasteiger partial charge in [-0.1, -0.05) is 35.9 Å². The number of fused-ring (bicyclic) bond motifs is 1. The van der Waals surface area contributed by atoms with Gasteiger partial charge in [0.2, 0.25) is 0 Å². The highest BCUT2D eigenvalue weighted by atomic mass is 16.5. The lowest BCUT2D eigenvalue weighted by molar-refractivity contribution is -0.170. The van der Waals surface area contributed by atoms with E-state index in [1.54, 1.807) is 0 Å². The number of hydrogen-bond donors (Lipinski definition) is 0. The van der Waals surface area contributed by atoms with Crippen molar-refractivity contribution in [3.8, 4) is 0 Å². The molecule has 1 aromatic carbocycles. The van der Waals surface area contributed by atoms with Crippen LogP contribution in [-0.4, -0.2) is 26.2 Å². The fraction of sp³-hybridized carbons (Fsp3) is 0.444. The lowest BCUT2D eigenvalue weighted by Gasteiger charge is -2.37. The highest BCUT2D eigenvalue weighted by molar-refractivity contribution is 6.00. The van der Waals surface area contributed by atoms with Crippen LogP contribution in [0.4, 0.5) is 0 Å². The molecular weight excluding hydrogens is 280 g/mol. The molecule has 0 amide bonds. The van der Waals surface area contributed by atoms with Crippen LogP contribution in [0, 0.1) is 12.3 Å². The van der Waals surface area contributed by atoms with Gasteiger partial charge in [-0.25, -0.2) is 0 Å². The number of esters is 2. The summed E-state index contributed by atoms with van der Waals surface area (Å²) in [4.78, 5) is 24.7. The first-order valence-electron chi connectivity index (χ1n) is 7.37. The van der Waals surface area contributed by atoms with E-state index < -0.39 is 17.4 Å². The van der Waals surface area contributed by atoms with Gasteiger partial charge >= 0.3 is 11.9 Å². The molecule has 0 aromatic heterocycles. The van der Waals surface area contributed by atoms with E-state index in [9.17, 15) is 9.59 Å². The molecule has 1 aromatic rings. The summed E-state index contributed by atoms with van der Waals surface area (Å²) < 4.78 is 9.83. The number of rotatable bonds is 3. The minimum Gasteiger partial charge on any atom is -0.468 e. The minimum absolute atomic E-state index is 0.00755. The predicted octanol–water partition coefficient (Wildman–Crippen LogP) is 2.93. The fourth-order valence-electron chi connectivity index (χ4n) is 3.29. The fourth-order valence-corrected chi connectivity index (χ4v) is 3.29. The van der Waals surface area contributed by atoms with Crippen LogP contribution >= 0.6 is 0 Å². The van der Waals surface area contributed by atoms with E-state index in [1.165, 1.54) is 19.8 Å². The van der Waals surface area contributed by atoms with Gasteiger partial charge in [0.05, 0.1) is 14.2 Å². The third-order valence-corrected chi connectivity index (χ3v) is 4.34. The smallest absolute Gasteiger partial charge is 0.323 e. The number of carbonyl (C=O) groups is 2. The van der Waals surface area contributed by atoms with Crippen LogP contribution in [0.1, 0.15) is 36.0 Å². The lowest BCUT2D eigenvalue weighted by Crippen LogP contribution is -2.46.